The van der Waals surface area contributed by atoms with E-state index in [0.717, 1.165) is 16.5 Å². The van der Waals surface area contributed by atoms with Crippen LogP contribution in [0.4, 0.5) is 22.0 Å². The van der Waals surface area contributed by atoms with Crippen LogP contribution in [0.1, 0.15) is 0 Å². The Kier molecular flexibility index (Phi) is 5.63. The van der Waals surface area contributed by atoms with E-state index in [1.807, 2.05) is 35.2 Å². The maximum Gasteiger partial charge on any atom is 0.325 e. The van der Waals surface area contributed by atoms with Crippen molar-refractivity contribution in [2.24, 2.45) is 0 Å². The number of nitrogens with one attached hydrogen (secondary N) is 1. The topological polar surface area (TPSA) is 113 Å². The number of ether oxygens (including phenoxy) is 1. The number of nitrogens with zero attached hydrogens (tertiary/aromatic N) is 7. The molecule has 4 heterocycles. The van der Waals surface area contributed by atoms with Crippen LogP contribution in [-0.2, 0) is 4.74 Å². The van der Waals surface area contributed by atoms with Gasteiger partial charge in [-0.15, -0.1) is 0 Å². The van der Waals surface area contributed by atoms with E-state index in [9.17, 15) is 4.79 Å². The number of rotatable bonds is 4. The van der Waals surface area contributed by atoms with E-state index in [0.29, 0.717) is 58.5 Å². The van der Waals surface area contributed by atoms with Gasteiger partial charge in [0.15, 0.2) is 5.82 Å². The second-order valence-electron chi connectivity index (χ2n) is 7.16. The third kappa shape index (κ3) is 4.44. The Balaban J connectivity index is 1.14. The molecule has 11 nitrogen and oxygen atoms in total. The molecule has 0 saturated carbocycles. The molecule has 2 fully saturated rings. The van der Waals surface area contributed by atoms with E-state index in [-0.39, 0.29) is 12.0 Å². The number of urea groups is 1. The first kappa shape index (κ1) is 19.7. The molecule has 12 heteroatoms. The summed E-state index contributed by atoms with van der Waals surface area (Å²) in [6, 6.07) is 10.2. The Morgan fingerprint density at radius 3 is 2.52 bits per heavy atom. The van der Waals surface area contributed by atoms with Gasteiger partial charge >= 0.3 is 18.1 Å². The van der Waals surface area contributed by atoms with Crippen LogP contribution in [0.25, 0.3) is 11.4 Å². The fraction of sp³-hybridized carbons (Fsp3) is 0.421. The molecule has 2 aromatic heterocycles. The van der Waals surface area contributed by atoms with Gasteiger partial charge in [0.1, 0.15) is 0 Å². The molecule has 2 amide bonds. The largest absolute Gasteiger partial charge is 0.389 e. The zero-order chi connectivity index (χ0) is 21.0. The number of carbonyl (C=O) groups is 1. The van der Waals surface area contributed by atoms with Crippen molar-refractivity contribution in [2.75, 3.05) is 67.6 Å². The fourth-order valence-electron chi connectivity index (χ4n) is 3.47. The Labute approximate surface area is 182 Å². The molecule has 0 radical (unpaired) electrons. The Morgan fingerprint density at radius 2 is 1.74 bits per heavy atom. The lowest BCUT2D eigenvalue weighted by molar-refractivity contribution is 0.120. The van der Waals surface area contributed by atoms with Gasteiger partial charge in [-0.25, -0.2) is 4.79 Å². The minimum Gasteiger partial charge on any atom is -0.389 e. The van der Waals surface area contributed by atoms with E-state index in [1.165, 1.54) is 11.5 Å². The summed E-state index contributed by atoms with van der Waals surface area (Å²) in [5.74, 6) is 0.730. The quantitative estimate of drug-likeness (QED) is 0.646. The summed E-state index contributed by atoms with van der Waals surface area (Å²) < 4.78 is 15.4. The van der Waals surface area contributed by atoms with E-state index in [4.69, 9.17) is 9.15 Å². The van der Waals surface area contributed by atoms with E-state index < -0.39 is 0 Å². The van der Waals surface area contributed by atoms with Crippen molar-refractivity contribution < 1.29 is 13.9 Å². The Morgan fingerprint density at radius 1 is 0.968 bits per heavy atom. The molecule has 1 N–H and O–H groups in total. The summed E-state index contributed by atoms with van der Waals surface area (Å²) in [7, 11) is 0. The smallest absolute Gasteiger partial charge is 0.325 e. The summed E-state index contributed by atoms with van der Waals surface area (Å²) in [6.07, 6.45) is 0. The van der Waals surface area contributed by atoms with Gasteiger partial charge in [0.05, 0.1) is 13.2 Å². The minimum absolute atomic E-state index is 0.102. The van der Waals surface area contributed by atoms with Crippen molar-refractivity contribution in [1.82, 2.24) is 24.5 Å². The third-order valence-electron chi connectivity index (χ3n) is 5.19. The van der Waals surface area contributed by atoms with E-state index >= 15 is 0 Å². The predicted molar refractivity (Wildman–Crippen MR) is 115 cm³/mol. The second kappa shape index (κ2) is 8.86. The first-order chi connectivity index (χ1) is 15.3. The van der Waals surface area contributed by atoms with Crippen LogP contribution in [0.2, 0.25) is 0 Å². The molecule has 31 heavy (non-hydrogen) atoms. The zero-order valence-corrected chi connectivity index (χ0v) is 17.6. The molecule has 0 spiro atoms. The van der Waals surface area contributed by atoms with Crippen LogP contribution in [0.5, 0.6) is 0 Å². The SMILES string of the molecule is O=C(Nc1nnc(N2CCOCC2)o1)N1CCN(c2nc(-c3ccccc3)ns2)CC1. The molecule has 2 aliphatic heterocycles. The molecular formula is C19H22N8O3S. The summed E-state index contributed by atoms with van der Waals surface area (Å²) in [5.41, 5.74) is 0.999. The average Bonchev–Trinajstić information content (AvgIpc) is 3.51. The van der Waals surface area contributed by atoms with Gasteiger partial charge < -0.3 is 23.9 Å². The lowest BCUT2D eigenvalue weighted by Gasteiger charge is -2.33. The van der Waals surface area contributed by atoms with Gasteiger partial charge in [-0.05, 0) is 0 Å². The first-order valence-corrected chi connectivity index (χ1v) is 10.9. The molecule has 0 aliphatic carbocycles. The van der Waals surface area contributed by atoms with Crippen LogP contribution >= 0.6 is 11.5 Å². The summed E-state index contributed by atoms with van der Waals surface area (Å²) >= 11 is 1.38. The van der Waals surface area contributed by atoms with Crippen molar-refractivity contribution in [3.05, 3.63) is 30.3 Å². The molecule has 0 unspecified atom stereocenters. The number of hydrogen-bond acceptors (Lipinski definition) is 10. The normalized spacial score (nSPS) is 17.1. The van der Waals surface area contributed by atoms with Gasteiger partial charge in [-0.3, -0.25) is 5.32 Å². The molecule has 2 aliphatic rings. The molecule has 0 atom stereocenters. The van der Waals surface area contributed by atoms with Gasteiger partial charge in [-0.1, -0.05) is 40.5 Å². The molecule has 3 aromatic rings. The number of piperazine rings is 1. The van der Waals surface area contributed by atoms with Crippen LogP contribution in [-0.4, -0.2) is 83.0 Å². The van der Waals surface area contributed by atoms with E-state index in [1.54, 1.807) is 4.90 Å². The number of aromatic nitrogens is 4. The highest BCUT2D eigenvalue weighted by Crippen LogP contribution is 2.25. The molecular weight excluding hydrogens is 420 g/mol. The number of carbonyl (C=O) groups excluding carboxylic acids is 1. The van der Waals surface area contributed by atoms with Crippen LogP contribution in [0.3, 0.4) is 0 Å². The maximum absolute atomic E-state index is 12.6. The van der Waals surface area contributed by atoms with Gasteiger partial charge in [0.2, 0.25) is 5.13 Å². The molecule has 5 rings (SSSR count). The van der Waals surface area contributed by atoms with Crippen LogP contribution in [0.15, 0.2) is 34.7 Å². The monoisotopic (exact) mass is 442 g/mol. The number of anilines is 3. The third-order valence-corrected chi connectivity index (χ3v) is 5.97. The number of hydrogen-bond donors (Lipinski definition) is 1. The summed E-state index contributed by atoms with van der Waals surface area (Å²) in [6.45, 7) is 5.11. The molecule has 1 aromatic carbocycles. The Bertz CT molecular complexity index is 1010. The summed E-state index contributed by atoms with van der Waals surface area (Å²) in [5, 5.41) is 11.5. The van der Waals surface area contributed by atoms with Crippen LogP contribution in [0, 0.1) is 0 Å². The first-order valence-electron chi connectivity index (χ1n) is 10.1. The lowest BCUT2D eigenvalue weighted by atomic mass is 10.2. The second-order valence-corrected chi connectivity index (χ2v) is 7.89. The number of benzene rings is 1. The highest BCUT2D eigenvalue weighted by Gasteiger charge is 2.25. The highest BCUT2D eigenvalue weighted by molar-refractivity contribution is 7.09. The van der Waals surface area contributed by atoms with Crippen molar-refractivity contribution in [2.45, 2.75) is 0 Å². The minimum atomic E-state index is -0.251. The van der Waals surface area contributed by atoms with Gasteiger partial charge in [0.25, 0.3) is 0 Å². The van der Waals surface area contributed by atoms with Gasteiger partial charge in [0, 0.05) is 56.4 Å². The molecule has 0 bridgehead atoms. The van der Waals surface area contributed by atoms with Crippen LogP contribution < -0.4 is 15.1 Å². The molecule has 162 valence electrons. The van der Waals surface area contributed by atoms with Crippen molar-refractivity contribution in [3.63, 3.8) is 0 Å². The van der Waals surface area contributed by atoms with E-state index in [2.05, 4.69) is 29.8 Å². The molecule has 2 saturated heterocycles. The predicted octanol–water partition coefficient (Wildman–Crippen LogP) is 1.78. The zero-order valence-electron chi connectivity index (χ0n) is 16.8. The number of morpholine rings is 1. The average molecular weight is 443 g/mol. The highest BCUT2D eigenvalue weighted by atomic mass is 32.1. The maximum atomic E-state index is 12.6. The number of amides is 2. The van der Waals surface area contributed by atoms with Crippen molar-refractivity contribution >= 4 is 34.7 Å². The summed E-state index contributed by atoms with van der Waals surface area (Å²) in [4.78, 5) is 23.1. The Hall–Kier alpha value is -3.25. The van der Waals surface area contributed by atoms with Gasteiger partial charge in [-0.2, -0.15) is 9.36 Å². The van der Waals surface area contributed by atoms with Crippen molar-refractivity contribution in [3.8, 4) is 11.4 Å². The lowest BCUT2D eigenvalue weighted by Crippen LogP contribution is -2.50. The standard InChI is InChI=1S/C19H22N8O3S/c28-17(21-16-22-23-18(30-16)26-10-12-29-13-11-26)25-6-8-27(9-7-25)19-20-15(24-31-19)14-4-2-1-3-5-14/h1-5H,6-13H2,(H,21,22,28). The van der Waals surface area contributed by atoms with Crippen molar-refractivity contribution in [1.29, 1.82) is 0 Å². The fourth-order valence-corrected chi connectivity index (χ4v) is 4.21.